The third kappa shape index (κ3) is 5.11. The number of carboxylic acid groups (broad SMARTS) is 1. The molecule has 0 radical (unpaired) electrons. The Labute approximate surface area is 129 Å². The molecule has 0 saturated heterocycles. The summed E-state index contributed by atoms with van der Waals surface area (Å²) in [5.41, 5.74) is 7.03. The lowest BCUT2D eigenvalue weighted by Gasteiger charge is -2.13. The van der Waals surface area contributed by atoms with E-state index < -0.39 is 5.97 Å². The molecule has 0 unspecified atom stereocenters. The van der Waals surface area contributed by atoms with Gasteiger partial charge in [-0.05, 0) is 30.3 Å². The summed E-state index contributed by atoms with van der Waals surface area (Å²) in [5.74, 6) is -0.939. The zero-order valence-electron chi connectivity index (χ0n) is 12.6. The highest BCUT2D eigenvalue weighted by Gasteiger charge is 2.20. The fourth-order valence-electron chi connectivity index (χ4n) is 1.50. The first kappa shape index (κ1) is 17.0. The molecule has 0 aliphatic rings. The summed E-state index contributed by atoms with van der Waals surface area (Å²) in [4.78, 5) is 10.7. The first-order chi connectivity index (χ1) is 9.61. The number of anilines is 1. The number of carbonyl (C=O) groups is 1. The number of rotatable bonds is 1. The molecule has 2 aromatic rings. The third-order valence-electron chi connectivity index (χ3n) is 2.74. The van der Waals surface area contributed by atoms with Gasteiger partial charge in [0.05, 0.1) is 5.69 Å². The molecule has 0 fully saturated rings. The van der Waals surface area contributed by atoms with E-state index in [4.69, 9.17) is 22.4 Å². The summed E-state index contributed by atoms with van der Waals surface area (Å²) >= 11 is 5.56. The Balaban J connectivity index is 0.000000235. The quantitative estimate of drug-likeness (QED) is 0.792. The van der Waals surface area contributed by atoms with Gasteiger partial charge < -0.3 is 10.8 Å². The number of hydrogen-bond acceptors (Lipinski definition) is 3. The van der Waals surface area contributed by atoms with Gasteiger partial charge >= 0.3 is 5.97 Å². The van der Waals surface area contributed by atoms with Gasteiger partial charge in [-0.15, -0.1) is 0 Å². The van der Waals surface area contributed by atoms with Crippen LogP contribution in [0.15, 0.2) is 30.3 Å². The Morgan fingerprint density at radius 1 is 1.29 bits per heavy atom. The lowest BCUT2D eigenvalue weighted by atomic mass is 9.92. The van der Waals surface area contributed by atoms with Crippen LogP contribution in [0, 0.1) is 0 Å². The minimum Gasteiger partial charge on any atom is -0.477 e. The van der Waals surface area contributed by atoms with Crippen molar-refractivity contribution < 1.29 is 9.90 Å². The van der Waals surface area contributed by atoms with Crippen LogP contribution < -0.4 is 5.73 Å². The lowest BCUT2D eigenvalue weighted by Crippen LogP contribution is -2.12. The van der Waals surface area contributed by atoms with Gasteiger partial charge in [0.15, 0.2) is 0 Å². The fraction of sp³-hybridized carbons (Fsp3) is 0.333. The van der Waals surface area contributed by atoms with Crippen molar-refractivity contribution in [2.24, 2.45) is 7.05 Å². The molecule has 0 aliphatic carbocycles. The monoisotopic (exact) mass is 309 g/mol. The Morgan fingerprint density at radius 3 is 2.10 bits per heavy atom. The van der Waals surface area contributed by atoms with E-state index in [1.54, 1.807) is 37.4 Å². The largest absolute Gasteiger partial charge is 0.477 e. The molecular formula is C15H20ClN3O2. The van der Waals surface area contributed by atoms with Gasteiger partial charge in [0.25, 0.3) is 0 Å². The van der Waals surface area contributed by atoms with Gasteiger partial charge in [-0.25, -0.2) is 4.79 Å². The van der Waals surface area contributed by atoms with Crippen LogP contribution in [0.3, 0.4) is 0 Å². The van der Waals surface area contributed by atoms with Crippen molar-refractivity contribution in [1.82, 2.24) is 9.78 Å². The molecule has 0 spiro atoms. The topological polar surface area (TPSA) is 81.1 Å². The maximum absolute atomic E-state index is 10.7. The Kier molecular flexibility index (Phi) is 5.38. The first-order valence-electron chi connectivity index (χ1n) is 6.40. The van der Waals surface area contributed by atoms with Crippen molar-refractivity contribution in [2.45, 2.75) is 26.2 Å². The van der Waals surface area contributed by atoms with Gasteiger partial charge in [0, 0.05) is 23.2 Å². The summed E-state index contributed by atoms with van der Waals surface area (Å²) in [6.45, 7) is 6.00. The summed E-state index contributed by atoms with van der Waals surface area (Å²) < 4.78 is 1.39. The van der Waals surface area contributed by atoms with Crippen molar-refractivity contribution in [3.63, 3.8) is 0 Å². The molecule has 21 heavy (non-hydrogen) atoms. The zero-order chi connectivity index (χ0) is 16.2. The van der Waals surface area contributed by atoms with Crippen LogP contribution in [0.4, 0.5) is 5.69 Å². The number of aryl methyl sites for hydroxylation is 1. The maximum Gasteiger partial charge on any atom is 0.354 e. The lowest BCUT2D eigenvalue weighted by molar-refractivity contribution is 0.0685. The second kappa shape index (κ2) is 6.63. The van der Waals surface area contributed by atoms with Gasteiger partial charge in [-0.3, -0.25) is 4.68 Å². The number of halogens is 1. The molecule has 0 atom stereocenters. The van der Waals surface area contributed by atoms with Crippen LogP contribution in [-0.2, 0) is 12.5 Å². The zero-order valence-corrected chi connectivity index (χ0v) is 13.3. The van der Waals surface area contributed by atoms with E-state index in [9.17, 15) is 4.79 Å². The van der Waals surface area contributed by atoms with Gasteiger partial charge in [0.1, 0.15) is 5.69 Å². The maximum atomic E-state index is 10.7. The fourth-order valence-corrected chi connectivity index (χ4v) is 1.62. The number of nitrogen functional groups attached to an aromatic ring is 1. The summed E-state index contributed by atoms with van der Waals surface area (Å²) in [7, 11) is 1.64. The van der Waals surface area contributed by atoms with Crippen LogP contribution in [0.1, 0.15) is 37.0 Å². The molecule has 0 aliphatic heterocycles. The number of hydrogen-bond donors (Lipinski definition) is 2. The van der Waals surface area contributed by atoms with E-state index in [-0.39, 0.29) is 11.1 Å². The van der Waals surface area contributed by atoms with Crippen molar-refractivity contribution in [1.29, 1.82) is 0 Å². The Morgan fingerprint density at radius 2 is 1.81 bits per heavy atom. The summed E-state index contributed by atoms with van der Waals surface area (Å²) in [6.07, 6.45) is 0. The first-order valence-corrected chi connectivity index (χ1v) is 6.78. The molecule has 0 saturated carbocycles. The van der Waals surface area contributed by atoms with Crippen molar-refractivity contribution >= 4 is 23.3 Å². The van der Waals surface area contributed by atoms with Crippen molar-refractivity contribution in [3.8, 4) is 0 Å². The molecular weight excluding hydrogens is 290 g/mol. The summed E-state index contributed by atoms with van der Waals surface area (Å²) in [5, 5.41) is 13.6. The highest BCUT2D eigenvalue weighted by Crippen LogP contribution is 2.21. The molecule has 5 nitrogen and oxygen atoms in total. The predicted molar refractivity (Wildman–Crippen MR) is 84.7 cm³/mol. The van der Waals surface area contributed by atoms with Crippen LogP contribution in [-0.4, -0.2) is 20.9 Å². The minimum atomic E-state index is -0.939. The highest BCUT2D eigenvalue weighted by atomic mass is 35.5. The molecule has 114 valence electrons. The van der Waals surface area contributed by atoms with E-state index in [1.165, 1.54) is 4.68 Å². The summed E-state index contributed by atoms with van der Waals surface area (Å²) in [6, 6.07) is 8.67. The normalized spacial score (nSPS) is 10.7. The second-order valence-corrected chi connectivity index (χ2v) is 6.08. The van der Waals surface area contributed by atoms with E-state index >= 15 is 0 Å². The SMILES string of the molecule is Cn1nc(C(C)(C)C)cc1C(=O)O.Nc1ccc(Cl)cc1. The highest BCUT2D eigenvalue weighted by molar-refractivity contribution is 6.30. The molecule has 1 heterocycles. The molecule has 0 amide bonds. The molecule has 6 heteroatoms. The average Bonchev–Trinajstić information content (AvgIpc) is 2.76. The van der Waals surface area contributed by atoms with E-state index in [1.807, 2.05) is 20.8 Å². The average molecular weight is 310 g/mol. The number of carboxylic acids is 1. The number of benzene rings is 1. The molecule has 2 rings (SSSR count). The smallest absolute Gasteiger partial charge is 0.354 e. The standard InChI is InChI=1S/C9H14N2O2.C6H6ClN/c1-9(2,3)7-5-6(8(12)13)11(4)10-7;7-5-1-3-6(8)4-2-5/h5H,1-4H3,(H,12,13);1-4H,8H2. The molecule has 1 aromatic heterocycles. The Hall–Kier alpha value is -2.01. The van der Waals surface area contributed by atoms with Gasteiger partial charge in [-0.1, -0.05) is 32.4 Å². The number of nitrogens with zero attached hydrogens (tertiary/aromatic N) is 2. The molecule has 3 N–H and O–H groups in total. The third-order valence-corrected chi connectivity index (χ3v) is 2.99. The van der Waals surface area contributed by atoms with Crippen LogP contribution in [0.5, 0.6) is 0 Å². The van der Waals surface area contributed by atoms with E-state index in [2.05, 4.69) is 5.10 Å². The van der Waals surface area contributed by atoms with Crippen LogP contribution >= 0.6 is 11.6 Å². The number of aromatic nitrogens is 2. The van der Waals surface area contributed by atoms with Crippen molar-refractivity contribution in [3.05, 3.63) is 46.7 Å². The predicted octanol–water partition coefficient (Wildman–Crippen LogP) is 3.34. The van der Waals surface area contributed by atoms with Crippen LogP contribution in [0.25, 0.3) is 0 Å². The van der Waals surface area contributed by atoms with Crippen molar-refractivity contribution in [2.75, 3.05) is 5.73 Å². The van der Waals surface area contributed by atoms with E-state index in [0.29, 0.717) is 0 Å². The van der Waals surface area contributed by atoms with Gasteiger partial charge in [0.2, 0.25) is 0 Å². The Bertz CT molecular complexity index is 592. The minimum absolute atomic E-state index is 0.106. The van der Waals surface area contributed by atoms with Gasteiger partial charge in [-0.2, -0.15) is 5.10 Å². The number of nitrogens with two attached hydrogens (primary N) is 1. The van der Waals surface area contributed by atoms with Crippen LogP contribution in [0.2, 0.25) is 5.02 Å². The molecule has 1 aromatic carbocycles. The van der Waals surface area contributed by atoms with E-state index in [0.717, 1.165) is 16.4 Å². The second-order valence-electron chi connectivity index (χ2n) is 5.65. The number of aromatic carboxylic acids is 1. The molecule has 0 bridgehead atoms.